The lowest BCUT2D eigenvalue weighted by Crippen LogP contribution is -2.22. The second-order valence-corrected chi connectivity index (χ2v) is 6.91. The molecule has 2 aromatic carbocycles. The second-order valence-electron chi connectivity index (χ2n) is 5.60. The molecule has 0 saturated heterocycles. The quantitative estimate of drug-likeness (QED) is 0.758. The molecule has 21 heavy (non-hydrogen) atoms. The monoisotopic (exact) mass is 317 g/mol. The Labute approximate surface area is 136 Å². The number of thioether (sulfide) groups is 1. The van der Waals surface area contributed by atoms with Gasteiger partial charge in [0.2, 0.25) is 0 Å². The van der Waals surface area contributed by atoms with Crippen LogP contribution in [-0.2, 0) is 6.42 Å². The van der Waals surface area contributed by atoms with E-state index in [1.54, 1.807) is 11.8 Å². The minimum absolute atomic E-state index is 0.354. The van der Waals surface area contributed by atoms with Crippen LogP contribution in [0.2, 0.25) is 5.02 Å². The average Bonchev–Trinajstić information content (AvgIpc) is 2.89. The van der Waals surface area contributed by atoms with Crippen LogP contribution < -0.4 is 5.32 Å². The van der Waals surface area contributed by atoms with E-state index in [-0.39, 0.29) is 0 Å². The van der Waals surface area contributed by atoms with E-state index in [4.69, 9.17) is 11.6 Å². The van der Waals surface area contributed by atoms with Crippen molar-refractivity contribution in [2.75, 3.05) is 6.26 Å². The maximum absolute atomic E-state index is 6.08. The molecule has 0 saturated carbocycles. The molecule has 0 aromatic heterocycles. The third-order valence-electron chi connectivity index (χ3n) is 4.25. The van der Waals surface area contributed by atoms with Crippen LogP contribution in [0.5, 0.6) is 0 Å². The van der Waals surface area contributed by atoms with E-state index in [1.807, 2.05) is 6.07 Å². The van der Waals surface area contributed by atoms with Crippen LogP contribution in [0.1, 0.15) is 42.1 Å². The lowest BCUT2D eigenvalue weighted by atomic mass is 10.0. The number of fused-ring (bicyclic) bond motifs is 1. The van der Waals surface area contributed by atoms with Gasteiger partial charge in [0.1, 0.15) is 0 Å². The fraction of sp³-hybridized carbons (Fsp3) is 0.333. The van der Waals surface area contributed by atoms with Crippen LogP contribution in [0.3, 0.4) is 0 Å². The van der Waals surface area contributed by atoms with Crippen LogP contribution in [0.25, 0.3) is 0 Å². The van der Waals surface area contributed by atoms with Crippen LogP contribution in [0, 0.1) is 0 Å². The van der Waals surface area contributed by atoms with Crippen molar-refractivity contribution >= 4 is 23.4 Å². The highest BCUT2D eigenvalue weighted by Gasteiger charge is 2.23. The number of aryl methyl sites for hydroxylation is 1. The van der Waals surface area contributed by atoms with Gasteiger partial charge in [-0.1, -0.05) is 29.8 Å². The van der Waals surface area contributed by atoms with Crippen molar-refractivity contribution in [3.05, 3.63) is 64.2 Å². The fourth-order valence-corrected chi connectivity index (χ4v) is 3.65. The number of hydrogen-bond acceptors (Lipinski definition) is 2. The molecular formula is C18H20ClNS. The first-order valence-corrected chi connectivity index (χ1v) is 8.96. The van der Waals surface area contributed by atoms with E-state index in [0.717, 1.165) is 17.9 Å². The zero-order valence-corrected chi connectivity index (χ0v) is 14.0. The molecule has 0 spiro atoms. The van der Waals surface area contributed by atoms with Gasteiger partial charge in [-0.25, -0.2) is 0 Å². The predicted molar refractivity (Wildman–Crippen MR) is 92.3 cm³/mol. The van der Waals surface area contributed by atoms with E-state index in [0.29, 0.717) is 12.1 Å². The van der Waals surface area contributed by atoms with Crippen molar-refractivity contribution in [3.63, 3.8) is 0 Å². The molecule has 2 atom stereocenters. The van der Waals surface area contributed by atoms with Crippen LogP contribution in [-0.4, -0.2) is 6.26 Å². The summed E-state index contributed by atoms with van der Waals surface area (Å²) in [7, 11) is 0. The molecule has 1 N–H and O–H groups in total. The molecule has 0 bridgehead atoms. The van der Waals surface area contributed by atoms with Crippen molar-refractivity contribution in [3.8, 4) is 0 Å². The Kier molecular flexibility index (Phi) is 4.58. The van der Waals surface area contributed by atoms with Gasteiger partial charge >= 0.3 is 0 Å². The summed E-state index contributed by atoms with van der Waals surface area (Å²) >= 11 is 7.86. The zero-order valence-electron chi connectivity index (χ0n) is 12.4. The summed E-state index contributed by atoms with van der Waals surface area (Å²) in [6.45, 7) is 2.24. The Morgan fingerprint density at radius 3 is 2.67 bits per heavy atom. The molecule has 3 heteroatoms. The van der Waals surface area contributed by atoms with Crippen molar-refractivity contribution in [1.82, 2.24) is 5.32 Å². The van der Waals surface area contributed by atoms with Gasteiger partial charge in [0, 0.05) is 22.0 Å². The molecule has 0 aliphatic heterocycles. The van der Waals surface area contributed by atoms with E-state index >= 15 is 0 Å². The Balaban J connectivity index is 1.72. The number of halogens is 1. The number of benzene rings is 2. The van der Waals surface area contributed by atoms with Crippen molar-refractivity contribution in [1.29, 1.82) is 0 Å². The minimum Gasteiger partial charge on any atom is -0.303 e. The summed E-state index contributed by atoms with van der Waals surface area (Å²) in [6, 6.07) is 15.9. The van der Waals surface area contributed by atoms with E-state index < -0.39 is 0 Å². The maximum atomic E-state index is 6.08. The molecule has 1 aliphatic carbocycles. The van der Waals surface area contributed by atoms with Crippen LogP contribution >= 0.6 is 23.4 Å². The third-order valence-corrected chi connectivity index (χ3v) is 5.23. The topological polar surface area (TPSA) is 12.0 Å². The normalized spacial score (nSPS) is 18.5. The molecule has 0 radical (unpaired) electrons. The van der Waals surface area contributed by atoms with Crippen molar-refractivity contribution in [2.24, 2.45) is 0 Å². The number of hydrogen-bond donors (Lipinski definition) is 1. The maximum Gasteiger partial charge on any atom is 0.0408 e. The molecule has 0 heterocycles. The first-order chi connectivity index (χ1) is 10.2. The van der Waals surface area contributed by atoms with Crippen LogP contribution in [0.15, 0.2) is 47.4 Å². The Morgan fingerprint density at radius 1 is 1.19 bits per heavy atom. The summed E-state index contributed by atoms with van der Waals surface area (Å²) in [5.74, 6) is 0. The molecule has 110 valence electrons. The highest BCUT2D eigenvalue weighted by Crippen LogP contribution is 2.34. The van der Waals surface area contributed by atoms with Gasteiger partial charge in [-0.05, 0) is 67.0 Å². The number of nitrogens with one attached hydrogen (secondary N) is 1. The molecule has 0 amide bonds. The summed E-state index contributed by atoms with van der Waals surface area (Å²) in [4.78, 5) is 1.31. The van der Waals surface area contributed by atoms with Gasteiger partial charge in [0.15, 0.2) is 0 Å². The summed E-state index contributed by atoms with van der Waals surface area (Å²) in [5, 5.41) is 4.60. The molecule has 1 nitrogen and oxygen atoms in total. The van der Waals surface area contributed by atoms with Gasteiger partial charge in [-0.2, -0.15) is 0 Å². The Bertz CT molecular complexity index is 624. The molecular weight excluding hydrogens is 298 g/mol. The van der Waals surface area contributed by atoms with Gasteiger partial charge in [0.05, 0.1) is 0 Å². The average molecular weight is 318 g/mol. The Hall–Kier alpha value is -0.960. The fourth-order valence-electron chi connectivity index (χ4n) is 3.05. The van der Waals surface area contributed by atoms with E-state index in [1.165, 1.54) is 21.6 Å². The number of rotatable bonds is 4. The van der Waals surface area contributed by atoms with E-state index in [9.17, 15) is 0 Å². The molecule has 2 aromatic rings. The van der Waals surface area contributed by atoms with Gasteiger partial charge < -0.3 is 5.32 Å². The summed E-state index contributed by atoms with van der Waals surface area (Å²) < 4.78 is 0. The molecule has 1 aliphatic rings. The van der Waals surface area contributed by atoms with Gasteiger partial charge in [-0.3, -0.25) is 0 Å². The van der Waals surface area contributed by atoms with Crippen molar-refractivity contribution < 1.29 is 0 Å². The first kappa shape index (κ1) is 15.0. The minimum atomic E-state index is 0.354. The Morgan fingerprint density at radius 2 is 1.95 bits per heavy atom. The standard InChI is InChI=1S/C18H20ClNS/c1-12(13-3-7-16(21-2)8-4-13)20-18-10-5-14-11-15(19)6-9-17(14)18/h3-4,6-9,11-12,18,20H,5,10H2,1-2H3. The highest BCUT2D eigenvalue weighted by atomic mass is 35.5. The lowest BCUT2D eigenvalue weighted by Gasteiger charge is -2.21. The van der Waals surface area contributed by atoms with E-state index in [2.05, 4.69) is 54.9 Å². The molecule has 0 fully saturated rings. The van der Waals surface area contributed by atoms with Crippen LogP contribution in [0.4, 0.5) is 0 Å². The van der Waals surface area contributed by atoms with Gasteiger partial charge in [0.25, 0.3) is 0 Å². The second kappa shape index (κ2) is 6.43. The lowest BCUT2D eigenvalue weighted by molar-refractivity contribution is 0.465. The zero-order chi connectivity index (χ0) is 14.8. The largest absolute Gasteiger partial charge is 0.303 e. The summed E-state index contributed by atoms with van der Waals surface area (Å²) in [6.07, 6.45) is 4.38. The first-order valence-electron chi connectivity index (χ1n) is 7.35. The van der Waals surface area contributed by atoms with Crippen molar-refractivity contribution in [2.45, 2.75) is 36.7 Å². The molecule has 3 rings (SSSR count). The predicted octanol–water partition coefficient (Wildman–Crippen LogP) is 5.40. The van der Waals surface area contributed by atoms with Gasteiger partial charge in [-0.15, -0.1) is 11.8 Å². The molecule has 2 unspecified atom stereocenters. The summed E-state index contributed by atoms with van der Waals surface area (Å²) in [5.41, 5.74) is 4.15. The SMILES string of the molecule is CSc1ccc(C(C)NC2CCc3cc(Cl)ccc32)cc1. The highest BCUT2D eigenvalue weighted by molar-refractivity contribution is 7.98. The smallest absolute Gasteiger partial charge is 0.0408 e. The third kappa shape index (κ3) is 3.28.